The Morgan fingerprint density at radius 2 is 1.50 bits per heavy atom. The SMILES string of the molecule is COc1cccc(C(O)[P+](N(C)C)(N(C)C)N(C)C)c1. The van der Waals surface area contributed by atoms with Gasteiger partial charge in [0.1, 0.15) is 5.75 Å². The molecule has 0 saturated carbocycles. The van der Waals surface area contributed by atoms with Crippen LogP contribution in [0.2, 0.25) is 0 Å². The summed E-state index contributed by atoms with van der Waals surface area (Å²) in [6, 6.07) is 7.64. The highest BCUT2D eigenvalue weighted by atomic mass is 31.2. The Balaban J connectivity index is 3.32. The van der Waals surface area contributed by atoms with E-state index in [1.54, 1.807) is 7.11 Å². The van der Waals surface area contributed by atoms with Gasteiger partial charge in [-0.15, -0.1) is 0 Å². The molecule has 0 spiro atoms. The topological polar surface area (TPSA) is 39.2 Å². The van der Waals surface area contributed by atoms with Crippen LogP contribution in [0, 0.1) is 0 Å². The van der Waals surface area contributed by atoms with Crippen LogP contribution in [-0.2, 0) is 0 Å². The molecule has 6 heteroatoms. The van der Waals surface area contributed by atoms with Crippen molar-refractivity contribution in [1.29, 1.82) is 0 Å². The Kier molecular flexibility index (Phi) is 5.92. The summed E-state index contributed by atoms with van der Waals surface area (Å²) in [7, 11) is 11.6. The van der Waals surface area contributed by atoms with Gasteiger partial charge in [-0.2, -0.15) is 14.0 Å². The van der Waals surface area contributed by atoms with Crippen LogP contribution < -0.4 is 4.74 Å². The molecule has 1 atom stereocenters. The molecular weight excluding hydrogens is 273 g/mol. The van der Waals surface area contributed by atoms with Crippen LogP contribution in [0.25, 0.3) is 0 Å². The molecular formula is C14H27N3O2P+. The fourth-order valence-corrected chi connectivity index (χ4v) is 6.75. The summed E-state index contributed by atoms with van der Waals surface area (Å²) in [5.74, 6) is 0.161. The minimum Gasteiger partial charge on any atom is -0.497 e. The van der Waals surface area contributed by atoms with E-state index in [-0.39, 0.29) is 0 Å². The molecule has 1 aromatic carbocycles. The molecule has 1 rings (SSSR count). The fourth-order valence-electron chi connectivity index (χ4n) is 2.73. The summed E-state index contributed by atoms with van der Waals surface area (Å²) in [4.78, 5) is 0. The first-order valence-corrected chi connectivity index (χ1v) is 8.24. The number of aliphatic hydroxyl groups excluding tert-OH is 1. The molecule has 20 heavy (non-hydrogen) atoms. The van der Waals surface area contributed by atoms with Gasteiger partial charge in [0, 0.05) is 47.8 Å². The van der Waals surface area contributed by atoms with Crippen molar-refractivity contribution in [2.45, 2.75) is 5.85 Å². The lowest BCUT2D eigenvalue weighted by Gasteiger charge is -2.42. The first-order valence-electron chi connectivity index (χ1n) is 6.52. The molecule has 114 valence electrons. The number of rotatable bonds is 6. The van der Waals surface area contributed by atoms with E-state index >= 15 is 0 Å². The average molecular weight is 300 g/mol. The van der Waals surface area contributed by atoms with Gasteiger partial charge in [0.2, 0.25) is 5.85 Å². The normalized spacial score (nSPS) is 14.2. The lowest BCUT2D eigenvalue weighted by molar-refractivity contribution is 0.226. The number of benzene rings is 1. The number of nitrogens with zero attached hydrogens (tertiary/aromatic N) is 3. The van der Waals surface area contributed by atoms with Gasteiger partial charge < -0.3 is 9.84 Å². The third-order valence-electron chi connectivity index (χ3n) is 3.49. The monoisotopic (exact) mass is 300 g/mol. The van der Waals surface area contributed by atoms with E-state index in [9.17, 15) is 5.11 Å². The van der Waals surface area contributed by atoms with E-state index < -0.39 is 13.6 Å². The van der Waals surface area contributed by atoms with Crippen LogP contribution in [0.15, 0.2) is 24.3 Å². The molecule has 0 saturated heterocycles. The zero-order valence-corrected chi connectivity index (χ0v) is 14.4. The van der Waals surface area contributed by atoms with Gasteiger partial charge in [0.25, 0.3) is 7.71 Å². The maximum atomic E-state index is 11.0. The Morgan fingerprint density at radius 3 is 1.90 bits per heavy atom. The zero-order valence-electron chi connectivity index (χ0n) is 13.5. The van der Waals surface area contributed by atoms with E-state index in [0.717, 1.165) is 11.3 Å². The molecule has 0 radical (unpaired) electrons. The van der Waals surface area contributed by atoms with E-state index in [2.05, 4.69) is 14.0 Å². The van der Waals surface area contributed by atoms with Crippen LogP contribution in [0.3, 0.4) is 0 Å². The number of hydrogen-bond acceptors (Lipinski definition) is 5. The lowest BCUT2D eigenvalue weighted by Crippen LogP contribution is -2.39. The van der Waals surface area contributed by atoms with E-state index in [1.165, 1.54) is 0 Å². The smallest absolute Gasteiger partial charge is 0.261 e. The minimum absolute atomic E-state index is 0.599. The summed E-state index contributed by atoms with van der Waals surface area (Å²) in [5, 5.41) is 11.0. The van der Waals surface area contributed by atoms with Crippen molar-refractivity contribution in [1.82, 2.24) is 14.0 Å². The van der Waals surface area contributed by atoms with Crippen LogP contribution >= 0.6 is 7.71 Å². The van der Waals surface area contributed by atoms with E-state index in [4.69, 9.17) is 4.74 Å². The Labute approximate surface area is 123 Å². The maximum absolute atomic E-state index is 11.0. The summed E-state index contributed by atoms with van der Waals surface area (Å²) in [5.41, 5.74) is 0.869. The first kappa shape index (κ1) is 17.3. The maximum Gasteiger partial charge on any atom is 0.261 e. The van der Waals surface area contributed by atoms with E-state index in [0.29, 0.717) is 0 Å². The highest BCUT2D eigenvalue weighted by Gasteiger charge is 2.55. The highest BCUT2D eigenvalue weighted by molar-refractivity contribution is 7.69. The summed E-state index contributed by atoms with van der Waals surface area (Å²) in [6.07, 6.45) is 0. The van der Waals surface area contributed by atoms with Gasteiger partial charge in [0.05, 0.1) is 7.11 Å². The molecule has 0 fully saturated rings. The third-order valence-corrected chi connectivity index (χ3v) is 7.97. The van der Waals surface area contributed by atoms with Crippen molar-refractivity contribution in [2.24, 2.45) is 0 Å². The van der Waals surface area contributed by atoms with Crippen LogP contribution in [0.4, 0.5) is 0 Å². The molecule has 0 amide bonds. The molecule has 0 bridgehead atoms. The van der Waals surface area contributed by atoms with Crippen LogP contribution in [-0.4, -0.2) is 68.5 Å². The Hall–Kier alpha value is -0.710. The average Bonchev–Trinajstić information content (AvgIpc) is 2.38. The predicted molar refractivity (Wildman–Crippen MR) is 85.9 cm³/mol. The molecule has 0 aromatic heterocycles. The lowest BCUT2D eigenvalue weighted by atomic mass is 10.2. The van der Waals surface area contributed by atoms with Crippen molar-refractivity contribution in [2.75, 3.05) is 49.4 Å². The van der Waals surface area contributed by atoms with Crippen LogP contribution in [0.1, 0.15) is 11.4 Å². The molecule has 5 nitrogen and oxygen atoms in total. The Bertz CT molecular complexity index is 416. The standard InChI is InChI=1S/C14H27N3O2P/c1-15(2)20(16(3)4,17(5)6)14(18)12-9-8-10-13(11-12)19-7/h8-11,14,18H,1-7H3/q+1. The largest absolute Gasteiger partial charge is 0.497 e. The van der Waals surface area contributed by atoms with Crippen molar-refractivity contribution in [3.63, 3.8) is 0 Å². The highest BCUT2D eigenvalue weighted by Crippen LogP contribution is 2.72. The quantitative estimate of drug-likeness (QED) is 0.815. The molecule has 1 aromatic rings. The molecule has 0 heterocycles. The van der Waals surface area contributed by atoms with Gasteiger partial charge in [0.15, 0.2) is 0 Å². The van der Waals surface area contributed by atoms with Gasteiger partial charge in [-0.1, -0.05) is 12.1 Å². The molecule has 1 N–H and O–H groups in total. The number of ether oxygens (including phenoxy) is 1. The molecule has 0 aliphatic heterocycles. The summed E-state index contributed by atoms with van der Waals surface area (Å²) < 4.78 is 11.6. The molecule has 0 aliphatic rings. The number of hydrogen-bond donors (Lipinski definition) is 1. The third kappa shape index (κ3) is 2.97. The summed E-state index contributed by atoms with van der Waals surface area (Å²) >= 11 is 0. The van der Waals surface area contributed by atoms with Crippen molar-refractivity contribution in [3.8, 4) is 5.75 Å². The van der Waals surface area contributed by atoms with Crippen molar-refractivity contribution < 1.29 is 9.84 Å². The van der Waals surface area contributed by atoms with Gasteiger partial charge in [-0.25, -0.2) is 0 Å². The number of methoxy groups -OCH3 is 1. The second kappa shape index (κ2) is 6.83. The molecule has 1 unspecified atom stereocenters. The molecule has 0 aliphatic carbocycles. The second-order valence-corrected chi connectivity index (χ2v) is 9.43. The summed E-state index contributed by atoms with van der Waals surface area (Å²) in [6.45, 7) is 0. The van der Waals surface area contributed by atoms with Crippen molar-refractivity contribution >= 4 is 7.71 Å². The van der Waals surface area contributed by atoms with Gasteiger partial charge in [-0.3, -0.25) is 0 Å². The first-order chi connectivity index (χ1) is 9.28. The zero-order chi connectivity index (χ0) is 15.5. The fraction of sp³-hybridized carbons (Fsp3) is 0.571. The van der Waals surface area contributed by atoms with E-state index in [1.807, 2.05) is 66.6 Å². The second-order valence-electron chi connectivity index (χ2n) is 5.31. The van der Waals surface area contributed by atoms with Gasteiger partial charge in [-0.05, 0) is 12.1 Å². The number of aliphatic hydroxyl groups is 1. The van der Waals surface area contributed by atoms with Gasteiger partial charge >= 0.3 is 0 Å². The van der Waals surface area contributed by atoms with Crippen LogP contribution in [0.5, 0.6) is 5.75 Å². The Morgan fingerprint density at radius 1 is 1.00 bits per heavy atom. The van der Waals surface area contributed by atoms with Crippen molar-refractivity contribution in [3.05, 3.63) is 29.8 Å². The minimum atomic E-state index is -2.06. The predicted octanol–water partition coefficient (Wildman–Crippen LogP) is 2.13.